The van der Waals surface area contributed by atoms with Crippen LogP contribution in [-0.4, -0.2) is 18.9 Å². The van der Waals surface area contributed by atoms with E-state index in [0.717, 1.165) is 31.2 Å². The van der Waals surface area contributed by atoms with E-state index >= 15 is 0 Å². The average molecular weight is 234 g/mol. The maximum atomic E-state index is 12.0. The fraction of sp³-hybridized carbons (Fsp3) is 0.538. The van der Waals surface area contributed by atoms with Crippen molar-refractivity contribution in [3.8, 4) is 0 Å². The van der Waals surface area contributed by atoms with Gasteiger partial charge in [-0.15, -0.1) is 0 Å². The minimum absolute atomic E-state index is 0.118. The van der Waals surface area contributed by atoms with Crippen molar-refractivity contribution in [2.24, 2.45) is 0 Å². The molecule has 0 bridgehead atoms. The monoisotopic (exact) mass is 234 g/mol. The Bertz CT molecular complexity index is 494. The molecule has 0 aliphatic heterocycles. The van der Waals surface area contributed by atoms with Gasteiger partial charge in [0.05, 0.1) is 12.7 Å². The van der Waals surface area contributed by atoms with E-state index in [-0.39, 0.29) is 11.5 Å². The molecule has 4 nitrogen and oxygen atoms in total. The SMILES string of the molecule is COC(=O)c1oc2c(c1C1CC1)C(=O)CCC2. The van der Waals surface area contributed by atoms with Gasteiger partial charge in [-0.25, -0.2) is 4.79 Å². The van der Waals surface area contributed by atoms with E-state index in [1.54, 1.807) is 0 Å². The zero-order chi connectivity index (χ0) is 12.0. The van der Waals surface area contributed by atoms with Gasteiger partial charge in [0.2, 0.25) is 5.76 Å². The van der Waals surface area contributed by atoms with Gasteiger partial charge in [0, 0.05) is 18.4 Å². The molecule has 0 atom stereocenters. The summed E-state index contributed by atoms with van der Waals surface area (Å²) in [5.74, 6) is 0.915. The molecule has 1 aromatic heterocycles. The van der Waals surface area contributed by atoms with Crippen LogP contribution in [0.15, 0.2) is 4.42 Å². The van der Waals surface area contributed by atoms with E-state index in [1.165, 1.54) is 7.11 Å². The van der Waals surface area contributed by atoms with Gasteiger partial charge in [0.25, 0.3) is 0 Å². The van der Waals surface area contributed by atoms with Gasteiger partial charge < -0.3 is 9.15 Å². The number of methoxy groups -OCH3 is 1. The number of fused-ring (bicyclic) bond motifs is 1. The Hall–Kier alpha value is -1.58. The molecular formula is C13H14O4. The van der Waals surface area contributed by atoms with E-state index in [4.69, 9.17) is 9.15 Å². The summed E-state index contributed by atoms with van der Waals surface area (Å²) in [6, 6.07) is 0. The molecule has 0 aromatic carbocycles. The topological polar surface area (TPSA) is 56.5 Å². The minimum Gasteiger partial charge on any atom is -0.463 e. The summed E-state index contributed by atoms with van der Waals surface area (Å²) in [7, 11) is 1.34. The molecule has 1 heterocycles. The van der Waals surface area contributed by atoms with E-state index in [0.29, 0.717) is 23.7 Å². The molecule has 2 aliphatic rings. The van der Waals surface area contributed by atoms with Crippen molar-refractivity contribution < 1.29 is 18.7 Å². The van der Waals surface area contributed by atoms with Crippen LogP contribution >= 0.6 is 0 Å². The van der Waals surface area contributed by atoms with Crippen LogP contribution in [0.25, 0.3) is 0 Å². The van der Waals surface area contributed by atoms with Gasteiger partial charge in [0.15, 0.2) is 5.78 Å². The Labute approximate surface area is 98.9 Å². The van der Waals surface area contributed by atoms with Crippen LogP contribution in [-0.2, 0) is 11.2 Å². The molecule has 0 saturated heterocycles. The Balaban J connectivity index is 2.16. The summed E-state index contributed by atoms with van der Waals surface area (Å²) in [5, 5.41) is 0. The quantitative estimate of drug-likeness (QED) is 0.737. The van der Waals surface area contributed by atoms with Crippen LogP contribution in [0, 0.1) is 0 Å². The molecule has 0 spiro atoms. The van der Waals surface area contributed by atoms with E-state index in [2.05, 4.69) is 0 Å². The second kappa shape index (κ2) is 3.72. The van der Waals surface area contributed by atoms with Crippen molar-refractivity contribution in [1.82, 2.24) is 0 Å². The van der Waals surface area contributed by atoms with Crippen LogP contribution < -0.4 is 0 Å². The zero-order valence-electron chi connectivity index (χ0n) is 9.75. The Morgan fingerprint density at radius 3 is 2.76 bits per heavy atom. The lowest BCUT2D eigenvalue weighted by Gasteiger charge is -2.09. The molecule has 0 unspecified atom stereocenters. The molecule has 1 aromatic rings. The van der Waals surface area contributed by atoms with Gasteiger partial charge in [-0.3, -0.25) is 4.79 Å². The third-order valence-electron chi connectivity index (χ3n) is 3.46. The lowest BCUT2D eigenvalue weighted by atomic mass is 9.91. The minimum atomic E-state index is -0.464. The predicted octanol–water partition coefficient (Wildman–Crippen LogP) is 2.46. The highest BCUT2D eigenvalue weighted by molar-refractivity contribution is 6.03. The number of rotatable bonds is 2. The zero-order valence-corrected chi connectivity index (χ0v) is 9.75. The van der Waals surface area contributed by atoms with Gasteiger partial charge in [-0.05, 0) is 25.2 Å². The molecule has 0 amide bonds. The maximum absolute atomic E-state index is 12.0. The van der Waals surface area contributed by atoms with Crippen molar-refractivity contribution in [3.05, 3.63) is 22.6 Å². The standard InChI is InChI=1S/C13H14O4/c1-16-13(15)12-10(7-5-6-7)11-8(14)3-2-4-9(11)17-12/h7H,2-6H2,1H3. The van der Waals surface area contributed by atoms with Gasteiger partial charge >= 0.3 is 5.97 Å². The van der Waals surface area contributed by atoms with Gasteiger partial charge in [-0.1, -0.05) is 0 Å². The smallest absolute Gasteiger partial charge is 0.374 e. The van der Waals surface area contributed by atoms with Gasteiger partial charge in [-0.2, -0.15) is 0 Å². The largest absolute Gasteiger partial charge is 0.463 e. The Kier molecular flexibility index (Phi) is 2.31. The summed E-state index contributed by atoms with van der Waals surface area (Å²) < 4.78 is 10.3. The normalized spacial score (nSPS) is 19.0. The first-order valence-electron chi connectivity index (χ1n) is 5.99. The Morgan fingerprint density at radius 1 is 1.35 bits per heavy atom. The second-order valence-electron chi connectivity index (χ2n) is 4.69. The molecular weight excluding hydrogens is 220 g/mol. The maximum Gasteiger partial charge on any atom is 0.374 e. The first-order chi connectivity index (χ1) is 8.22. The summed E-state index contributed by atoms with van der Waals surface area (Å²) in [6.45, 7) is 0. The number of carbonyl (C=O) groups excluding carboxylic acids is 2. The summed E-state index contributed by atoms with van der Waals surface area (Å²) >= 11 is 0. The molecule has 4 heteroatoms. The second-order valence-corrected chi connectivity index (χ2v) is 4.69. The van der Waals surface area contributed by atoms with Crippen LogP contribution in [0.2, 0.25) is 0 Å². The fourth-order valence-corrected chi connectivity index (χ4v) is 2.52. The molecule has 90 valence electrons. The predicted molar refractivity (Wildman–Crippen MR) is 59.3 cm³/mol. The van der Waals surface area contributed by atoms with Crippen molar-refractivity contribution in [2.45, 2.75) is 38.0 Å². The first kappa shape index (κ1) is 10.6. The molecule has 0 radical (unpaired) electrons. The molecule has 2 aliphatic carbocycles. The van der Waals surface area contributed by atoms with Crippen molar-refractivity contribution in [3.63, 3.8) is 0 Å². The lowest BCUT2D eigenvalue weighted by molar-refractivity contribution is 0.0561. The molecule has 1 fully saturated rings. The van der Waals surface area contributed by atoms with Crippen LogP contribution in [0.3, 0.4) is 0 Å². The highest BCUT2D eigenvalue weighted by Gasteiger charge is 2.39. The fourth-order valence-electron chi connectivity index (χ4n) is 2.52. The Morgan fingerprint density at radius 2 is 2.12 bits per heavy atom. The number of hydrogen-bond acceptors (Lipinski definition) is 4. The summed E-state index contributed by atoms with van der Waals surface area (Å²) in [4.78, 5) is 23.6. The first-order valence-corrected chi connectivity index (χ1v) is 5.99. The molecule has 17 heavy (non-hydrogen) atoms. The summed E-state index contributed by atoms with van der Waals surface area (Å²) in [5.41, 5.74) is 1.50. The average Bonchev–Trinajstić information content (AvgIpc) is 3.09. The van der Waals surface area contributed by atoms with Crippen LogP contribution in [0.1, 0.15) is 63.8 Å². The number of hydrogen-bond donors (Lipinski definition) is 0. The van der Waals surface area contributed by atoms with Crippen molar-refractivity contribution in [1.29, 1.82) is 0 Å². The number of Topliss-reactive ketones (excluding diaryl/α,β-unsaturated/α-hetero) is 1. The number of ketones is 1. The lowest BCUT2D eigenvalue weighted by Crippen LogP contribution is -2.11. The molecule has 3 rings (SSSR count). The van der Waals surface area contributed by atoms with Crippen molar-refractivity contribution >= 4 is 11.8 Å². The highest BCUT2D eigenvalue weighted by Crippen LogP contribution is 2.46. The van der Waals surface area contributed by atoms with Crippen molar-refractivity contribution in [2.75, 3.05) is 7.11 Å². The molecule has 1 saturated carbocycles. The number of esters is 1. The van der Waals surface area contributed by atoms with E-state index in [9.17, 15) is 9.59 Å². The molecule has 0 N–H and O–H groups in total. The summed E-state index contributed by atoms with van der Waals surface area (Å²) in [6.07, 6.45) is 4.18. The highest BCUT2D eigenvalue weighted by atomic mass is 16.5. The van der Waals surface area contributed by atoms with Gasteiger partial charge in [0.1, 0.15) is 5.76 Å². The van der Waals surface area contributed by atoms with Crippen LogP contribution in [0.4, 0.5) is 0 Å². The van der Waals surface area contributed by atoms with E-state index in [1.807, 2.05) is 0 Å². The number of carbonyl (C=O) groups is 2. The van der Waals surface area contributed by atoms with E-state index < -0.39 is 5.97 Å². The number of aryl methyl sites for hydroxylation is 1. The number of ether oxygens (including phenoxy) is 1. The number of furan rings is 1. The van der Waals surface area contributed by atoms with Crippen LogP contribution in [0.5, 0.6) is 0 Å². The third-order valence-corrected chi connectivity index (χ3v) is 3.46. The third kappa shape index (κ3) is 1.59.